The number of hydrogen-bond donors (Lipinski definition) is 2. The van der Waals surface area contributed by atoms with Gasteiger partial charge in [-0.25, -0.2) is 28.2 Å². The molecule has 0 aliphatic heterocycles. The molecule has 3 aromatic heterocycles. The predicted molar refractivity (Wildman–Crippen MR) is 102 cm³/mol. The van der Waals surface area contributed by atoms with Gasteiger partial charge in [0.15, 0.2) is 11.5 Å². The van der Waals surface area contributed by atoms with Crippen molar-refractivity contribution in [3.8, 4) is 17.3 Å². The first-order chi connectivity index (χ1) is 14.0. The first kappa shape index (κ1) is 18.2. The molecule has 0 fully saturated rings. The molecule has 3 N–H and O–H groups in total. The highest BCUT2D eigenvalue weighted by Crippen LogP contribution is 2.30. The lowest BCUT2D eigenvalue weighted by molar-refractivity contribution is 0.566. The quantitative estimate of drug-likeness (QED) is 0.548. The van der Waals surface area contributed by atoms with Gasteiger partial charge in [-0.15, -0.1) is 5.10 Å². The average Bonchev–Trinajstić information content (AvgIpc) is 3.03. The van der Waals surface area contributed by atoms with Gasteiger partial charge in [-0.3, -0.25) is 0 Å². The summed E-state index contributed by atoms with van der Waals surface area (Å²) in [6.45, 7) is 1.69. The molecule has 29 heavy (non-hydrogen) atoms. The maximum Gasteiger partial charge on any atom is 0.234 e. The first-order valence-corrected chi connectivity index (χ1v) is 8.56. The fourth-order valence-corrected chi connectivity index (χ4v) is 3.00. The minimum Gasteiger partial charge on any atom is -0.382 e. The van der Waals surface area contributed by atoms with Crippen LogP contribution in [0.1, 0.15) is 24.4 Å². The molecule has 4 aromatic rings. The highest BCUT2D eigenvalue weighted by atomic mass is 19.1. The number of hydrogen-bond acceptors (Lipinski definition) is 7. The zero-order chi connectivity index (χ0) is 20.5. The normalized spacial score (nSPS) is 11.9. The number of benzene rings is 1. The van der Waals surface area contributed by atoms with Gasteiger partial charge in [0.2, 0.25) is 5.82 Å². The van der Waals surface area contributed by atoms with Crippen molar-refractivity contribution in [2.45, 2.75) is 13.0 Å². The molecule has 4 rings (SSSR count). The average molecular weight is 392 g/mol. The van der Waals surface area contributed by atoms with Crippen molar-refractivity contribution in [1.29, 1.82) is 5.26 Å². The second-order valence-electron chi connectivity index (χ2n) is 6.25. The van der Waals surface area contributed by atoms with Crippen LogP contribution in [0.5, 0.6) is 0 Å². The highest BCUT2D eigenvalue weighted by Gasteiger charge is 2.18. The highest BCUT2D eigenvalue weighted by molar-refractivity contribution is 5.85. The Balaban J connectivity index is 1.76. The molecule has 8 nitrogen and oxygen atoms in total. The van der Waals surface area contributed by atoms with Crippen LogP contribution in [0, 0.1) is 23.0 Å². The topological polar surface area (TPSA) is 118 Å². The summed E-state index contributed by atoms with van der Waals surface area (Å²) < 4.78 is 28.7. The zero-order valence-corrected chi connectivity index (χ0v) is 15.1. The van der Waals surface area contributed by atoms with Gasteiger partial charge in [0, 0.05) is 30.1 Å². The summed E-state index contributed by atoms with van der Waals surface area (Å²) in [6.07, 6.45) is 3.28. The third kappa shape index (κ3) is 3.41. The van der Waals surface area contributed by atoms with Crippen molar-refractivity contribution < 1.29 is 8.78 Å². The van der Waals surface area contributed by atoms with E-state index in [1.54, 1.807) is 31.5 Å². The summed E-state index contributed by atoms with van der Waals surface area (Å²) in [5, 5.41) is 16.5. The van der Waals surface area contributed by atoms with E-state index in [9.17, 15) is 14.0 Å². The molecule has 1 aromatic carbocycles. The van der Waals surface area contributed by atoms with Gasteiger partial charge in [-0.05, 0) is 19.1 Å². The van der Waals surface area contributed by atoms with Gasteiger partial charge in [0.1, 0.15) is 23.5 Å². The number of nitrogens with one attached hydrogen (secondary N) is 1. The molecule has 1 atom stereocenters. The maximum absolute atomic E-state index is 14.1. The van der Waals surface area contributed by atoms with Crippen LogP contribution in [0.4, 0.5) is 20.4 Å². The fourth-order valence-electron chi connectivity index (χ4n) is 3.00. The summed E-state index contributed by atoms with van der Waals surface area (Å²) in [5.74, 6) is -0.986. The summed E-state index contributed by atoms with van der Waals surface area (Å²) in [7, 11) is 0. The largest absolute Gasteiger partial charge is 0.382 e. The molecule has 0 saturated carbocycles. The Bertz CT molecular complexity index is 1260. The van der Waals surface area contributed by atoms with Crippen molar-refractivity contribution in [1.82, 2.24) is 24.6 Å². The SMILES string of the molecule is CC(Nc1cc(-c2c(N)nn3cccnc23)nc(C#N)n1)c1ccc(F)cc1F. The Morgan fingerprint density at radius 3 is 2.83 bits per heavy atom. The van der Waals surface area contributed by atoms with Crippen molar-refractivity contribution >= 4 is 17.3 Å². The van der Waals surface area contributed by atoms with Crippen molar-refractivity contribution in [2.24, 2.45) is 0 Å². The molecule has 1 unspecified atom stereocenters. The number of nitriles is 1. The van der Waals surface area contributed by atoms with Crippen LogP contribution in [0.2, 0.25) is 0 Å². The molecular weight excluding hydrogens is 378 g/mol. The van der Waals surface area contributed by atoms with E-state index in [1.165, 1.54) is 16.6 Å². The number of nitrogens with zero attached hydrogens (tertiary/aromatic N) is 6. The maximum atomic E-state index is 14.1. The zero-order valence-electron chi connectivity index (χ0n) is 15.1. The summed E-state index contributed by atoms with van der Waals surface area (Å²) >= 11 is 0. The molecule has 10 heteroatoms. The van der Waals surface area contributed by atoms with Gasteiger partial charge < -0.3 is 11.1 Å². The van der Waals surface area contributed by atoms with Crippen molar-refractivity contribution in [2.75, 3.05) is 11.1 Å². The molecule has 3 heterocycles. The van der Waals surface area contributed by atoms with Gasteiger partial charge in [0.25, 0.3) is 0 Å². The van der Waals surface area contributed by atoms with E-state index in [2.05, 4.69) is 25.4 Å². The van der Waals surface area contributed by atoms with E-state index in [1.807, 2.05) is 6.07 Å². The van der Waals surface area contributed by atoms with E-state index in [0.717, 1.165) is 6.07 Å². The summed E-state index contributed by atoms with van der Waals surface area (Å²) in [6, 6.07) is 7.95. The summed E-state index contributed by atoms with van der Waals surface area (Å²) in [5.41, 5.74) is 7.55. The van der Waals surface area contributed by atoms with E-state index >= 15 is 0 Å². The standard InChI is InChI=1S/C19H14F2N8/c1-10(12-4-3-11(20)7-13(12)21)25-15-8-14(26-16(9-22)27-15)17-18(23)28-29-6-2-5-24-19(17)29/h2-8,10H,1H3,(H2,23,28)(H,25,26,27). The lowest BCUT2D eigenvalue weighted by Gasteiger charge is -2.16. The minimum atomic E-state index is -0.684. The molecular formula is C19H14F2N8. The van der Waals surface area contributed by atoms with Crippen LogP contribution in [0.3, 0.4) is 0 Å². The number of nitrogen functional groups attached to an aromatic ring is 1. The number of fused-ring (bicyclic) bond motifs is 1. The third-order valence-corrected chi connectivity index (χ3v) is 4.30. The molecule has 0 bridgehead atoms. The Labute approximate surface area is 163 Å². The predicted octanol–water partition coefficient (Wildman–Crippen LogP) is 3.09. The molecule has 0 saturated heterocycles. The second kappa shape index (κ2) is 7.12. The second-order valence-corrected chi connectivity index (χ2v) is 6.25. The fraction of sp³-hybridized carbons (Fsp3) is 0.105. The molecule has 0 spiro atoms. The Morgan fingerprint density at radius 1 is 1.24 bits per heavy atom. The number of nitrogens with two attached hydrogens (primary N) is 1. The van der Waals surface area contributed by atoms with E-state index in [0.29, 0.717) is 16.9 Å². The first-order valence-electron chi connectivity index (χ1n) is 8.56. The number of anilines is 2. The van der Waals surface area contributed by atoms with Crippen molar-refractivity contribution in [3.63, 3.8) is 0 Å². The summed E-state index contributed by atoms with van der Waals surface area (Å²) in [4.78, 5) is 12.6. The smallest absolute Gasteiger partial charge is 0.234 e. The molecule has 0 aliphatic rings. The van der Waals surface area contributed by atoms with Gasteiger partial charge >= 0.3 is 0 Å². The van der Waals surface area contributed by atoms with E-state index in [-0.39, 0.29) is 23.0 Å². The van der Waals surface area contributed by atoms with Crippen LogP contribution in [0.15, 0.2) is 42.7 Å². The number of aromatic nitrogens is 5. The Morgan fingerprint density at radius 2 is 2.07 bits per heavy atom. The number of rotatable bonds is 4. The van der Waals surface area contributed by atoms with Crippen LogP contribution >= 0.6 is 0 Å². The molecule has 0 amide bonds. The molecule has 0 radical (unpaired) electrons. The Kier molecular flexibility index (Phi) is 4.48. The minimum absolute atomic E-state index is 0.105. The van der Waals surface area contributed by atoms with Gasteiger partial charge in [-0.1, -0.05) is 6.07 Å². The van der Waals surface area contributed by atoms with Gasteiger partial charge in [-0.2, -0.15) is 5.26 Å². The van der Waals surface area contributed by atoms with Gasteiger partial charge in [0.05, 0.1) is 17.3 Å². The van der Waals surface area contributed by atoms with Crippen LogP contribution in [-0.2, 0) is 0 Å². The third-order valence-electron chi connectivity index (χ3n) is 4.30. The van der Waals surface area contributed by atoms with E-state index in [4.69, 9.17) is 5.73 Å². The van der Waals surface area contributed by atoms with Crippen molar-refractivity contribution in [3.05, 3.63) is 65.7 Å². The van der Waals surface area contributed by atoms with Crippen LogP contribution in [0.25, 0.3) is 16.9 Å². The molecule has 0 aliphatic carbocycles. The van der Waals surface area contributed by atoms with Crippen LogP contribution < -0.4 is 11.1 Å². The molecule has 144 valence electrons. The monoisotopic (exact) mass is 392 g/mol. The number of halogens is 2. The lowest BCUT2D eigenvalue weighted by Crippen LogP contribution is -2.11. The lowest BCUT2D eigenvalue weighted by atomic mass is 10.1. The Hall–Kier alpha value is -4.13. The van der Waals surface area contributed by atoms with Crippen LogP contribution in [-0.4, -0.2) is 24.6 Å². The van der Waals surface area contributed by atoms with E-state index < -0.39 is 17.7 Å².